The zero-order valence-corrected chi connectivity index (χ0v) is 16.2. The van der Waals surface area contributed by atoms with E-state index in [4.69, 9.17) is 16.3 Å². The van der Waals surface area contributed by atoms with Gasteiger partial charge in [0, 0.05) is 23.1 Å². The van der Waals surface area contributed by atoms with E-state index in [1.165, 1.54) is 5.56 Å². The van der Waals surface area contributed by atoms with Crippen LogP contribution in [0.5, 0.6) is 5.75 Å². The highest BCUT2D eigenvalue weighted by atomic mass is 35.5. The summed E-state index contributed by atoms with van der Waals surface area (Å²) in [5.41, 5.74) is 2.23. The highest BCUT2D eigenvalue weighted by Crippen LogP contribution is 2.19. The van der Waals surface area contributed by atoms with Crippen LogP contribution >= 0.6 is 23.4 Å². The number of aryl methyl sites for hydroxylation is 1. The summed E-state index contributed by atoms with van der Waals surface area (Å²) >= 11 is 7.74. The van der Waals surface area contributed by atoms with Gasteiger partial charge < -0.3 is 10.1 Å². The molecule has 0 aliphatic heterocycles. The molecule has 2 aromatic rings. The number of amides is 1. The third kappa shape index (κ3) is 6.63. The van der Waals surface area contributed by atoms with Crippen molar-refractivity contribution in [3.05, 3.63) is 64.7 Å². The van der Waals surface area contributed by atoms with Gasteiger partial charge >= 0.3 is 0 Å². The number of para-hydroxylation sites is 1. The summed E-state index contributed by atoms with van der Waals surface area (Å²) in [5.74, 6) is 2.43. The molecule has 0 aromatic heterocycles. The van der Waals surface area contributed by atoms with Gasteiger partial charge in [-0.15, -0.1) is 0 Å². The first kappa shape index (κ1) is 19.7. The normalized spacial score (nSPS) is 11.8. The minimum atomic E-state index is -0.459. The topological polar surface area (TPSA) is 38.3 Å². The zero-order chi connectivity index (χ0) is 18.1. The Labute approximate surface area is 159 Å². The standard InChI is InChI=1S/C20H24ClNO2S/c1-3-18(24-19-10-5-4-7-15(19)2)20(23)22-11-12-25-14-16-8-6-9-17(21)13-16/h4-10,13,18H,3,11-12,14H2,1-2H3,(H,22,23). The number of rotatable bonds is 9. The minimum Gasteiger partial charge on any atom is -0.480 e. The molecule has 0 saturated carbocycles. The van der Waals surface area contributed by atoms with E-state index in [-0.39, 0.29) is 5.91 Å². The van der Waals surface area contributed by atoms with E-state index in [1.54, 1.807) is 11.8 Å². The third-order valence-corrected chi connectivity index (χ3v) is 4.99. The van der Waals surface area contributed by atoms with E-state index >= 15 is 0 Å². The van der Waals surface area contributed by atoms with Gasteiger partial charge in [0.1, 0.15) is 5.75 Å². The molecule has 0 radical (unpaired) electrons. The maximum absolute atomic E-state index is 12.3. The first-order chi connectivity index (χ1) is 12.1. The molecular formula is C20H24ClNO2S. The molecule has 25 heavy (non-hydrogen) atoms. The van der Waals surface area contributed by atoms with Crippen molar-refractivity contribution in [2.24, 2.45) is 0 Å². The molecule has 0 aliphatic rings. The number of nitrogens with one attached hydrogen (secondary N) is 1. The molecule has 1 atom stereocenters. The van der Waals surface area contributed by atoms with Gasteiger partial charge in [0.15, 0.2) is 6.10 Å². The van der Waals surface area contributed by atoms with Crippen LogP contribution in [0.2, 0.25) is 5.02 Å². The predicted octanol–water partition coefficient (Wildman–Crippen LogP) is 4.86. The van der Waals surface area contributed by atoms with Crippen molar-refractivity contribution < 1.29 is 9.53 Å². The molecule has 2 rings (SSSR count). The van der Waals surface area contributed by atoms with Gasteiger partial charge in [-0.2, -0.15) is 11.8 Å². The predicted molar refractivity (Wildman–Crippen MR) is 107 cm³/mol. The quantitative estimate of drug-likeness (QED) is 0.634. The number of halogens is 1. The molecule has 134 valence electrons. The molecule has 1 N–H and O–H groups in total. The van der Waals surface area contributed by atoms with Crippen LogP contribution in [0.3, 0.4) is 0 Å². The summed E-state index contributed by atoms with van der Waals surface area (Å²) < 4.78 is 5.86. The van der Waals surface area contributed by atoms with Crippen LogP contribution in [0, 0.1) is 6.92 Å². The van der Waals surface area contributed by atoms with Crippen LogP contribution in [-0.2, 0) is 10.5 Å². The Bertz CT molecular complexity index is 693. The molecular weight excluding hydrogens is 354 g/mol. The van der Waals surface area contributed by atoms with Gasteiger partial charge in [0.2, 0.25) is 0 Å². The van der Waals surface area contributed by atoms with Gasteiger partial charge in [-0.3, -0.25) is 4.79 Å². The third-order valence-electron chi connectivity index (χ3n) is 3.73. The van der Waals surface area contributed by atoms with E-state index in [0.717, 1.165) is 27.8 Å². The average Bonchev–Trinajstić information content (AvgIpc) is 2.60. The Balaban J connectivity index is 1.72. The number of thioether (sulfide) groups is 1. The van der Waals surface area contributed by atoms with Crippen molar-refractivity contribution in [3.8, 4) is 5.75 Å². The molecule has 0 heterocycles. The zero-order valence-electron chi connectivity index (χ0n) is 14.6. The number of carbonyl (C=O) groups is 1. The largest absolute Gasteiger partial charge is 0.480 e. The maximum Gasteiger partial charge on any atom is 0.261 e. The van der Waals surface area contributed by atoms with Crippen molar-refractivity contribution in [1.29, 1.82) is 0 Å². The molecule has 0 bridgehead atoms. The van der Waals surface area contributed by atoms with Crippen molar-refractivity contribution in [2.45, 2.75) is 32.1 Å². The fraction of sp³-hybridized carbons (Fsp3) is 0.350. The van der Waals surface area contributed by atoms with Crippen LogP contribution in [0.15, 0.2) is 48.5 Å². The smallest absolute Gasteiger partial charge is 0.261 e. The van der Waals surface area contributed by atoms with E-state index in [2.05, 4.69) is 11.4 Å². The van der Waals surface area contributed by atoms with E-state index < -0.39 is 6.10 Å². The van der Waals surface area contributed by atoms with Crippen molar-refractivity contribution >= 4 is 29.3 Å². The lowest BCUT2D eigenvalue weighted by molar-refractivity contribution is -0.128. The average molecular weight is 378 g/mol. The van der Waals surface area contributed by atoms with E-state index in [1.807, 2.05) is 56.3 Å². The summed E-state index contributed by atoms with van der Waals surface area (Å²) in [7, 11) is 0. The molecule has 1 amide bonds. The van der Waals surface area contributed by atoms with E-state index in [0.29, 0.717) is 13.0 Å². The monoisotopic (exact) mass is 377 g/mol. The Kier molecular flexibility index (Phi) is 8.16. The van der Waals surface area contributed by atoms with Crippen LogP contribution in [0.4, 0.5) is 0 Å². The van der Waals surface area contributed by atoms with Crippen LogP contribution < -0.4 is 10.1 Å². The molecule has 0 aliphatic carbocycles. The summed E-state index contributed by atoms with van der Waals surface area (Å²) in [6, 6.07) is 15.6. The van der Waals surface area contributed by atoms with Gasteiger partial charge in [-0.1, -0.05) is 48.9 Å². The van der Waals surface area contributed by atoms with Crippen LogP contribution in [0.1, 0.15) is 24.5 Å². The molecule has 5 heteroatoms. The van der Waals surface area contributed by atoms with Crippen molar-refractivity contribution in [2.75, 3.05) is 12.3 Å². The SMILES string of the molecule is CCC(Oc1ccccc1C)C(=O)NCCSCc1cccc(Cl)c1. The molecule has 0 spiro atoms. The van der Waals surface area contributed by atoms with Crippen molar-refractivity contribution in [1.82, 2.24) is 5.32 Å². The highest BCUT2D eigenvalue weighted by molar-refractivity contribution is 7.98. The summed E-state index contributed by atoms with van der Waals surface area (Å²) in [6.45, 7) is 4.56. The number of ether oxygens (including phenoxy) is 1. The van der Waals surface area contributed by atoms with Crippen molar-refractivity contribution in [3.63, 3.8) is 0 Å². The Hall–Kier alpha value is -1.65. The van der Waals surface area contributed by atoms with E-state index in [9.17, 15) is 4.79 Å². The Morgan fingerprint density at radius 1 is 1.24 bits per heavy atom. The summed E-state index contributed by atoms with van der Waals surface area (Å²) in [5, 5.41) is 3.72. The van der Waals surface area contributed by atoms with Crippen LogP contribution in [0.25, 0.3) is 0 Å². The molecule has 0 fully saturated rings. The molecule has 2 aromatic carbocycles. The first-order valence-corrected chi connectivity index (χ1v) is 9.95. The van der Waals surface area contributed by atoms with Crippen LogP contribution in [-0.4, -0.2) is 24.3 Å². The second-order valence-electron chi connectivity index (χ2n) is 5.75. The maximum atomic E-state index is 12.3. The minimum absolute atomic E-state index is 0.0610. The molecule has 1 unspecified atom stereocenters. The van der Waals surface area contributed by atoms with Gasteiger partial charge in [0.05, 0.1) is 0 Å². The summed E-state index contributed by atoms with van der Waals surface area (Å²) in [4.78, 5) is 12.3. The lowest BCUT2D eigenvalue weighted by Gasteiger charge is -2.18. The highest BCUT2D eigenvalue weighted by Gasteiger charge is 2.18. The number of carbonyl (C=O) groups excluding carboxylic acids is 1. The van der Waals surface area contributed by atoms with Gasteiger partial charge in [-0.25, -0.2) is 0 Å². The first-order valence-electron chi connectivity index (χ1n) is 8.42. The lowest BCUT2D eigenvalue weighted by Crippen LogP contribution is -2.39. The molecule has 0 saturated heterocycles. The van der Waals surface area contributed by atoms with Gasteiger partial charge in [-0.05, 0) is 42.7 Å². The Morgan fingerprint density at radius 3 is 2.76 bits per heavy atom. The Morgan fingerprint density at radius 2 is 2.04 bits per heavy atom. The second-order valence-corrected chi connectivity index (χ2v) is 7.30. The summed E-state index contributed by atoms with van der Waals surface area (Å²) in [6.07, 6.45) is 0.176. The molecule has 3 nitrogen and oxygen atoms in total. The number of hydrogen-bond donors (Lipinski definition) is 1. The van der Waals surface area contributed by atoms with Gasteiger partial charge in [0.25, 0.3) is 5.91 Å². The number of hydrogen-bond acceptors (Lipinski definition) is 3. The fourth-order valence-electron chi connectivity index (χ4n) is 2.34. The second kappa shape index (κ2) is 10.4. The lowest BCUT2D eigenvalue weighted by atomic mass is 10.2. The fourth-order valence-corrected chi connectivity index (χ4v) is 3.36. The number of benzene rings is 2.